The zero-order valence-corrected chi connectivity index (χ0v) is 14.9. The first kappa shape index (κ1) is 18.3. The van der Waals surface area contributed by atoms with Gasteiger partial charge in [-0.15, -0.1) is 19.1 Å². The number of rotatable bonds is 7. The van der Waals surface area contributed by atoms with Crippen molar-refractivity contribution in [1.29, 1.82) is 0 Å². The molecule has 0 aromatic rings. The van der Waals surface area contributed by atoms with E-state index < -0.39 is 7.87 Å². The van der Waals surface area contributed by atoms with Crippen LogP contribution in [0.4, 0.5) is 0 Å². The standard InChI is InChI=1S/C13H34N4P/c1-11(2)15(8)18(14-7,16(9)12(3)4)17(10)13(5)6/h11-14H,1-10H3/q+1. The van der Waals surface area contributed by atoms with Crippen molar-refractivity contribution >= 4 is 7.87 Å². The van der Waals surface area contributed by atoms with E-state index in [-0.39, 0.29) is 0 Å². The summed E-state index contributed by atoms with van der Waals surface area (Å²) in [6.07, 6.45) is 0. The van der Waals surface area contributed by atoms with Gasteiger partial charge in [0.15, 0.2) is 0 Å². The van der Waals surface area contributed by atoms with Crippen molar-refractivity contribution < 1.29 is 0 Å². The minimum Gasteiger partial charge on any atom is -0.149 e. The van der Waals surface area contributed by atoms with E-state index in [0.717, 1.165) is 0 Å². The van der Waals surface area contributed by atoms with Crippen molar-refractivity contribution in [2.75, 3.05) is 28.2 Å². The summed E-state index contributed by atoms with van der Waals surface area (Å²) < 4.78 is 7.48. The third kappa shape index (κ3) is 3.43. The smallest absolute Gasteiger partial charge is 0.149 e. The van der Waals surface area contributed by atoms with Gasteiger partial charge in [-0.3, -0.25) is 0 Å². The van der Waals surface area contributed by atoms with Crippen LogP contribution in [0.25, 0.3) is 0 Å². The lowest BCUT2D eigenvalue weighted by molar-refractivity contribution is 0.285. The molecule has 0 aromatic heterocycles. The first-order valence-corrected chi connectivity index (χ1v) is 8.55. The van der Waals surface area contributed by atoms with Gasteiger partial charge in [-0.2, -0.15) is 0 Å². The van der Waals surface area contributed by atoms with Gasteiger partial charge >= 0.3 is 7.87 Å². The predicted molar refractivity (Wildman–Crippen MR) is 84.7 cm³/mol. The fourth-order valence-electron chi connectivity index (χ4n) is 2.11. The maximum absolute atomic E-state index is 3.65. The SMILES string of the molecule is CN[P+](N(C)C(C)C)(N(C)C(C)C)N(C)C(C)C. The molecule has 4 nitrogen and oxygen atoms in total. The molecule has 1 N–H and O–H groups in total. The minimum atomic E-state index is -1.67. The van der Waals surface area contributed by atoms with Gasteiger partial charge in [0.25, 0.3) is 0 Å². The van der Waals surface area contributed by atoms with Gasteiger partial charge in [0.1, 0.15) is 0 Å². The molecular weight excluding hydrogens is 243 g/mol. The van der Waals surface area contributed by atoms with Gasteiger partial charge in [-0.1, -0.05) is 0 Å². The fraction of sp³-hybridized carbons (Fsp3) is 1.00. The lowest BCUT2D eigenvalue weighted by atomic mass is 10.4. The summed E-state index contributed by atoms with van der Waals surface area (Å²) in [4.78, 5) is 0. The second-order valence-electron chi connectivity index (χ2n) is 5.79. The molecule has 0 unspecified atom stereocenters. The molecule has 0 atom stereocenters. The maximum Gasteiger partial charge on any atom is 0.305 e. The average Bonchev–Trinajstić information content (AvgIpc) is 2.29. The highest BCUT2D eigenvalue weighted by atomic mass is 31.2. The molecule has 5 heteroatoms. The van der Waals surface area contributed by atoms with E-state index in [1.54, 1.807) is 0 Å². The number of hydrogen-bond acceptors (Lipinski definition) is 4. The van der Waals surface area contributed by atoms with E-state index in [0.29, 0.717) is 18.1 Å². The average molecular weight is 277 g/mol. The molecule has 0 amide bonds. The van der Waals surface area contributed by atoms with E-state index in [1.807, 2.05) is 0 Å². The second kappa shape index (κ2) is 7.16. The molecule has 0 heterocycles. The van der Waals surface area contributed by atoms with Crippen molar-refractivity contribution in [2.24, 2.45) is 0 Å². The van der Waals surface area contributed by atoms with E-state index >= 15 is 0 Å². The second-order valence-corrected chi connectivity index (χ2v) is 9.27. The first-order valence-electron chi connectivity index (χ1n) is 6.90. The minimum absolute atomic E-state index is 0.508. The summed E-state index contributed by atoms with van der Waals surface area (Å²) in [6, 6.07) is 1.52. The Kier molecular flexibility index (Phi) is 7.27. The normalized spacial score (nSPS) is 14.0. The Labute approximate surface area is 115 Å². The quantitative estimate of drug-likeness (QED) is 0.722. The van der Waals surface area contributed by atoms with Crippen LogP contribution in [0.5, 0.6) is 0 Å². The van der Waals surface area contributed by atoms with Gasteiger partial charge in [-0.05, 0) is 41.5 Å². The Morgan fingerprint density at radius 2 is 0.889 bits per heavy atom. The summed E-state index contributed by atoms with van der Waals surface area (Å²) >= 11 is 0. The summed E-state index contributed by atoms with van der Waals surface area (Å²) in [7, 11) is 7.11. The van der Waals surface area contributed by atoms with Crippen LogP contribution in [-0.2, 0) is 0 Å². The van der Waals surface area contributed by atoms with Crippen LogP contribution in [0.1, 0.15) is 41.5 Å². The summed E-state index contributed by atoms with van der Waals surface area (Å²) in [5.41, 5.74) is 0. The molecule has 0 saturated heterocycles. The molecule has 0 radical (unpaired) electrons. The van der Waals surface area contributed by atoms with Crippen LogP contribution in [0.3, 0.4) is 0 Å². The van der Waals surface area contributed by atoms with Gasteiger partial charge in [0, 0.05) is 46.3 Å². The summed E-state index contributed by atoms with van der Waals surface area (Å²) in [5, 5.41) is 3.65. The van der Waals surface area contributed by atoms with Crippen molar-refractivity contribution in [3.8, 4) is 0 Å². The predicted octanol–water partition coefficient (Wildman–Crippen LogP) is 2.90. The molecule has 110 valence electrons. The topological polar surface area (TPSA) is 21.8 Å². The summed E-state index contributed by atoms with van der Waals surface area (Å²) in [6.45, 7) is 13.6. The van der Waals surface area contributed by atoms with E-state index in [1.165, 1.54) is 0 Å². The van der Waals surface area contributed by atoms with E-state index in [2.05, 4.69) is 88.8 Å². The van der Waals surface area contributed by atoms with Crippen LogP contribution in [0.2, 0.25) is 0 Å². The first-order chi connectivity index (χ1) is 8.12. The highest BCUT2D eigenvalue weighted by molar-refractivity contribution is 7.67. The van der Waals surface area contributed by atoms with Crippen LogP contribution in [-0.4, -0.2) is 60.3 Å². The molecule has 0 aliphatic heterocycles. The molecular formula is C13H34N4P+. The molecule has 0 fully saturated rings. The van der Waals surface area contributed by atoms with Crippen LogP contribution >= 0.6 is 7.87 Å². The van der Waals surface area contributed by atoms with E-state index in [4.69, 9.17) is 0 Å². The molecule has 0 aromatic carbocycles. The van der Waals surface area contributed by atoms with Crippen molar-refractivity contribution in [3.05, 3.63) is 0 Å². The molecule has 0 spiro atoms. The van der Waals surface area contributed by atoms with Crippen molar-refractivity contribution in [3.63, 3.8) is 0 Å². The highest BCUT2D eigenvalue weighted by Gasteiger charge is 2.54. The molecule has 0 bridgehead atoms. The molecule has 0 aliphatic rings. The highest BCUT2D eigenvalue weighted by Crippen LogP contribution is 2.63. The van der Waals surface area contributed by atoms with Crippen LogP contribution in [0.15, 0.2) is 0 Å². The number of nitrogens with zero attached hydrogens (tertiary/aromatic N) is 3. The van der Waals surface area contributed by atoms with Gasteiger partial charge in [0.05, 0.1) is 0 Å². The Morgan fingerprint density at radius 1 is 0.667 bits per heavy atom. The number of nitrogens with one attached hydrogen (secondary N) is 1. The van der Waals surface area contributed by atoms with E-state index in [9.17, 15) is 0 Å². The third-order valence-corrected chi connectivity index (χ3v) is 8.49. The fourth-order valence-corrected chi connectivity index (χ4v) is 6.32. The Balaban J connectivity index is 5.60. The van der Waals surface area contributed by atoms with Gasteiger partial charge in [0.2, 0.25) is 0 Å². The van der Waals surface area contributed by atoms with Gasteiger partial charge in [-0.25, -0.2) is 0 Å². The Bertz CT molecular complexity index is 207. The van der Waals surface area contributed by atoms with Crippen LogP contribution < -0.4 is 5.09 Å². The Hall–Kier alpha value is 0.270. The monoisotopic (exact) mass is 277 g/mol. The third-order valence-electron chi connectivity index (χ3n) is 3.86. The van der Waals surface area contributed by atoms with Crippen molar-refractivity contribution in [1.82, 2.24) is 19.1 Å². The molecule has 18 heavy (non-hydrogen) atoms. The Morgan fingerprint density at radius 3 is 1.00 bits per heavy atom. The van der Waals surface area contributed by atoms with Gasteiger partial charge < -0.3 is 0 Å². The summed E-state index contributed by atoms with van der Waals surface area (Å²) in [5.74, 6) is 0. The molecule has 0 rings (SSSR count). The molecule has 0 aliphatic carbocycles. The number of hydrogen-bond donors (Lipinski definition) is 1. The zero-order chi connectivity index (χ0) is 14.7. The maximum atomic E-state index is 3.65. The lowest BCUT2D eigenvalue weighted by Gasteiger charge is -2.46. The lowest BCUT2D eigenvalue weighted by Crippen LogP contribution is -2.52. The largest absolute Gasteiger partial charge is 0.305 e. The molecule has 0 saturated carbocycles. The van der Waals surface area contributed by atoms with Crippen LogP contribution in [0, 0.1) is 0 Å². The van der Waals surface area contributed by atoms with Crippen molar-refractivity contribution in [2.45, 2.75) is 59.7 Å². The zero-order valence-electron chi connectivity index (χ0n) is 14.0.